The van der Waals surface area contributed by atoms with Gasteiger partial charge in [0.1, 0.15) is 6.54 Å². The van der Waals surface area contributed by atoms with Crippen molar-refractivity contribution in [2.45, 2.75) is 33.6 Å². The molecule has 0 saturated heterocycles. The van der Waals surface area contributed by atoms with E-state index in [1.807, 2.05) is 25.1 Å². The van der Waals surface area contributed by atoms with Crippen molar-refractivity contribution in [1.82, 2.24) is 20.5 Å². The first-order valence-electron chi connectivity index (χ1n) is 9.76. The first-order valence-corrected chi connectivity index (χ1v) is 9.76. The zero-order chi connectivity index (χ0) is 19.9. The third kappa shape index (κ3) is 11.2. The SMILES string of the molecule is CCNC(=NCC(=O)N(C)CCc1ccccn1)NCCOCCC(C)C. The van der Waals surface area contributed by atoms with Crippen LogP contribution in [0.2, 0.25) is 0 Å². The Bertz CT molecular complexity index is 549. The minimum absolute atomic E-state index is 0.0173. The van der Waals surface area contributed by atoms with Gasteiger partial charge < -0.3 is 20.3 Å². The highest BCUT2D eigenvalue weighted by Gasteiger charge is 2.09. The van der Waals surface area contributed by atoms with Crippen molar-refractivity contribution in [2.75, 3.05) is 46.4 Å². The summed E-state index contributed by atoms with van der Waals surface area (Å²) in [6, 6.07) is 5.81. The van der Waals surface area contributed by atoms with Gasteiger partial charge in [0.2, 0.25) is 5.91 Å². The van der Waals surface area contributed by atoms with E-state index in [0.717, 1.165) is 31.7 Å². The Balaban J connectivity index is 2.31. The lowest BCUT2D eigenvalue weighted by Crippen LogP contribution is -2.40. The smallest absolute Gasteiger partial charge is 0.244 e. The van der Waals surface area contributed by atoms with Crippen molar-refractivity contribution < 1.29 is 9.53 Å². The maximum atomic E-state index is 12.3. The van der Waals surface area contributed by atoms with Crippen LogP contribution in [0.1, 0.15) is 32.9 Å². The number of pyridine rings is 1. The van der Waals surface area contributed by atoms with Gasteiger partial charge in [0.05, 0.1) is 6.61 Å². The third-order valence-corrected chi connectivity index (χ3v) is 3.95. The van der Waals surface area contributed by atoms with Gasteiger partial charge in [-0.25, -0.2) is 4.99 Å². The van der Waals surface area contributed by atoms with Gasteiger partial charge >= 0.3 is 0 Å². The minimum Gasteiger partial charge on any atom is -0.380 e. The molecular weight excluding hydrogens is 342 g/mol. The summed E-state index contributed by atoms with van der Waals surface area (Å²) in [5.41, 5.74) is 0.980. The molecule has 0 aliphatic carbocycles. The molecule has 0 bridgehead atoms. The summed E-state index contributed by atoms with van der Waals surface area (Å²) in [5, 5.41) is 6.34. The Morgan fingerprint density at radius 2 is 2.11 bits per heavy atom. The number of carbonyl (C=O) groups is 1. The average Bonchev–Trinajstić information content (AvgIpc) is 2.67. The number of amides is 1. The number of carbonyl (C=O) groups excluding carboxylic acids is 1. The fraction of sp³-hybridized carbons (Fsp3) is 0.650. The van der Waals surface area contributed by atoms with Gasteiger partial charge in [0.15, 0.2) is 5.96 Å². The number of rotatable bonds is 12. The number of guanidine groups is 1. The van der Waals surface area contributed by atoms with Crippen LogP contribution in [0, 0.1) is 5.92 Å². The topological polar surface area (TPSA) is 78.9 Å². The summed E-state index contributed by atoms with van der Waals surface area (Å²) >= 11 is 0. The molecule has 0 aliphatic rings. The summed E-state index contributed by atoms with van der Waals surface area (Å²) in [6.45, 7) is 9.89. The van der Waals surface area contributed by atoms with Crippen LogP contribution in [-0.4, -0.2) is 68.2 Å². The Kier molecular flexibility index (Phi) is 11.8. The van der Waals surface area contributed by atoms with Crippen LogP contribution in [0.5, 0.6) is 0 Å². The molecule has 0 spiro atoms. The molecule has 1 amide bonds. The van der Waals surface area contributed by atoms with Crippen LogP contribution >= 0.6 is 0 Å². The van der Waals surface area contributed by atoms with Crippen LogP contribution in [0.3, 0.4) is 0 Å². The molecule has 0 aromatic carbocycles. The summed E-state index contributed by atoms with van der Waals surface area (Å²) < 4.78 is 5.58. The highest BCUT2D eigenvalue weighted by Crippen LogP contribution is 1.98. The second-order valence-electron chi connectivity index (χ2n) is 6.80. The van der Waals surface area contributed by atoms with E-state index in [4.69, 9.17) is 4.74 Å². The number of hydrogen-bond donors (Lipinski definition) is 2. The van der Waals surface area contributed by atoms with Gasteiger partial charge in [0, 0.05) is 51.6 Å². The Hall–Kier alpha value is -2.15. The van der Waals surface area contributed by atoms with Gasteiger partial charge in [-0.15, -0.1) is 0 Å². The summed E-state index contributed by atoms with van der Waals surface area (Å²) in [4.78, 5) is 22.6. The van der Waals surface area contributed by atoms with E-state index in [2.05, 4.69) is 34.5 Å². The number of nitrogens with one attached hydrogen (secondary N) is 2. The predicted molar refractivity (Wildman–Crippen MR) is 110 cm³/mol. The Morgan fingerprint density at radius 1 is 1.30 bits per heavy atom. The van der Waals surface area contributed by atoms with Crippen LogP contribution in [0.4, 0.5) is 0 Å². The highest BCUT2D eigenvalue weighted by atomic mass is 16.5. The summed E-state index contributed by atoms with van der Waals surface area (Å²) in [5.74, 6) is 1.27. The van der Waals surface area contributed by atoms with Crippen molar-refractivity contribution in [2.24, 2.45) is 10.9 Å². The number of likely N-dealkylation sites (N-methyl/N-ethyl adjacent to an activating group) is 1. The third-order valence-electron chi connectivity index (χ3n) is 3.95. The first-order chi connectivity index (χ1) is 13.0. The largest absolute Gasteiger partial charge is 0.380 e. The molecule has 7 heteroatoms. The predicted octanol–water partition coefficient (Wildman–Crippen LogP) is 1.70. The fourth-order valence-electron chi connectivity index (χ4n) is 2.22. The Morgan fingerprint density at radius 3 is 2.78 bits per heavy atom. The van der Waals surface area contributed by atoms with Gasteiger partial charge in [-0.2, -0.15) is 0 Å². The molecule has 27 heavy (non-hydrogen) atoms. The minimum atomic E-state index is -0.0173. The molecule has 0 radical (unpaired) electrons. The highest BCUT2D eigenvalue weighted by molar-refractivity contribution is 5.84. The molecule has 1 heterocycles. The molecule has 0 atom stereocenters. The molecule has 0 aliphatic heterocycles. The van der Waals surface area contributed by atoms with Crippen molar-refractivity contribution in [3.63, 3.8) is 0 Å². The summed E-state index contributed by atoms with van der Waals surface area (Å²) in [6.07, 6.45) is 3.56. The molecule has 1 aromatic heterocycles. The van der Waals surface area contributed by atoms with Gasteiger partial charge in [-0.3, -0.25) is 9.78 Å². The Labute approximate surface area is 163 Å². The molecule has 0 fully saturated rings. The molecule has 0 saturated carbocycles. The second kappa shape index (κ2) is 14.0. The zero-order valence-corrected chi connectivity index (χ0v) is 17.2. The van der Waals surface area contributed by atoms with Crippen LogP contribution in [0.15, 0.2) is 29.4 Å². The lowest BCUT2D eigenvalue weighted by Gasteiger charge is -2.16. The van der Waals surface area contributed by atoms with Gasteiger partial charge in [-0.1, -0.05) is 19.9 Å². The lowest BCUT2D eigenvalue weighted by atomic mass is 10.1. The van der Waals surface area contributed by atoms with E-state index in [1.54, 1.807) is 18.1 Å². The molecule has 7 nitrogen and oxygen atoms in total. The van der Waals surface area contributed by atoms with Crippen LogP contribution in [0.25, 0.3) is 0 Å². The number of nitrogens with zero attached hydrogens (tertiary/aromatic N) is 3. The number of ether oxygens (including phenoxy) is 1. The zero-order valence-electron chi connectivity index (χ0n) is 17.2. The van der Waals surface area contributed by atoms with Crippen LogP contribution < -0.4 is 10.6 Å². The van der Waals surface area contributed by atoms with Gasteiger partial charge in [-0.05, 0) is 31.4 Å². The molecule has 0 unspecified atom stereocenters. The standard InChI is InChI=1S/C20H35N5O2/c1-5-21-20(23-12-15-27-14-10-17(2)3)24-16-19(26)25(4)13-9-18-8-6-7-11-22-18/h6-8,11,17H,5,9-10,12-16H2,1-4H3,(H2,21,23,24). The van der Waals surface area contributed by atoms with Crippen molar-refractivity contribution in [3.8, 4) is 0 Å². The molecule has 1 aromatic rings. The van der Waals surface area contributed by atoms with Crippen molar-refractivity contribution >= 4 is 11.9 Å². The van der Waals surface area contributed by atoms with E-state index in [1.165, 1.54) is 0 Å². The monoisotopic (exact) mass is 377 g/mol. The molecule has 152 valence electrons. The van der Waals surface area contributed by atoms with Crippen LogP contribution in [-0.2, 0) is 16.0 Å². The number of hydrogen-bond acceptors (Lipinski definition) is 4. The second-order valence-corrected chi connectivity index (χ2v) is 6.80. The maximum absolute atomic E-state index is 12.3. The molecular formula is C20H35N5O2. The van der Waals surface area contributed by atoms with E-state index in [-0.39, 0.29) is 12.5 Å². The maximum Gasteiger partial charge on any atom is 0.244 e. The van der Waals surface area contributed by atoms with Gasteiger partial charge in [0.25, 0.3) is 0 Å². The summed E-state index contributed by atoms with van der Waals surface area (Å²) in [7, 11) is 1.80. The van der Waals surface area contributed by atoms with E-state index in [0.29, 0.717) is 31.6 Å². The number of aliphatic imine (C=N–C) groups is 1. The first kappa shape index (κ1) is 22.9. The quantitative estimate of drug-likeness (QED) is 0.329. The molecule has 2 N–H and O–H groups in total. The fourth-order valence-corrected chi connectivity index (χ4v) is 2.22. The van der Waals surface area contributed by atoms with Crippen molar-refractivity contribution in [1.29, 1.82) is 0 Å². The average molecular weight is 378 g/mol. The van der Waals surface area contributed by atoms with E-state index >= 15 is 0 Å². The molecule has 1 rings (SSSR count). The number of aromatic nitrogens is 1. The van der Waals surface area contributed by atoms with Crippen molar-refractivity contribution in [3.05, 3.63) is 30.1 Å². The lowest BCUT2D eigenvalue weighted by molar-refractivity contribution is -0.128. The normalized spacial score (nSPS) is 11.5. The van der Waals surface area contributed by atoms with E-state index < -0.39 is 0 Å². The van der Waals surface area contributed by atoms with E-state index in [9.17, 15) is 4.79 Å².